The van der Waals surface area contributed by atoms with Crippen LogP contribution in [-0.4, -0.2) is 66.8 Å². The molecule has 1 N–H and O–H groups in total. The van der Waals surface area contributed by atoms with E-state index < -0.39 is 5.97 Å². The van der Waals surface area contributed by atoms with Crippen molar-refractivity contribution in [2.45, 2.75) is 26.2 Å². The highest BCUT2D eigenvalue weighted by Crippen LogP contribution is 2.16. The lowest BCUT2D eigenvalue weighted by molar-refractivity contribution is -0.137. The molecule has 2 amide bonds. The number of hydrogen-bond donors (Lipinski definition) is 1. The van der Waals surface area contributed by atoms with Crippen LogP contribution in [0.5, 0.6) is 0 Å². The number of carboxylic acids is 1. The van der Waals surface area contributed by atoms with E-state index in [1.165, 1.54) is 0 Å². The van der Waals surface area contributed by atoms with Crippen molar-refractivity contribution >= 4 is 12.0 Å². The Bertz CT molecular complexity index is 303. The van der Waals surface area contributed by atoms with Crippen LogP contribution in [0.1, 0.15) is 26.2 Å². The number of nitrogens with zero attached hydrogens (tertiary/aromatic N) is 2. The lowest BCUT2D eigenvalue weighted by Crippen LogP contribution is -2.44. The zero-order valence-electron chi connectivity index (χ0n) is 11.8. The number of carboxylic acid groups (broad SMARTS) is 1. The number of carbonyl (C=O) groups excluding carboxylic acids is 1. The number of ether oxygens (including phenoxy) is 1. The summed E-state index contributed by atoms with van der Waals surface area (Å²) < 4.78 is 5.30. The minimum atomic E-state index is -0.877. The maximum absolute atomic E-state index is 12.2. The van der Waals surface area contributed by atoms with Crippen molar-refractivity contribution in [1.82, 2.24) is 9.80 Å². The maximum Gasteiger partial charge on any atom is 0.319 e. The van der Waals surface area contributed by atoms with Crippen LogP contribution >= 0.6 is 0 Å². The van der Waals surface area contributed by atoms with Crippen LogP contribution in [0.25, 0.3) is 0 Å². The van der Waals surface area contributed by atoms with Gasteiger partial charge in [0.2, 0.25) is 0 Å². The fraction of sp³-hybridized carbons (Fsp3) is 0.846. The molecular formula is C13H24N2O4. The van der Waals surface area contributed by atoms with Crippen LogP contribution in [0, 0.1) is 5.92 Å². The fourth-order valence-corrected chi connectivity index (χ4v) is 2.26. The Morgan fingerprint density at radius 1 is 1.32 bits per heavy atom. The van der Waals surface area contributed by atoms with Crippen LogP contribution in [0.3, 0.4) is 0 Å². The number of urea groups is 1. The number of amides is 2. The van der Waals surface area contributed by atoms with Crippen molar-refractivity contribution in [3.63, 3.8) is 0 Å². The van der Waals surface area contributed by atoms with E-state index in [4.69, 9.17) is 9.84 Å². The molecule has 0 saturated carbocycles. The molecule has 1 saturated heterocycles. The molecule has 6 heteroatoms. The molecule has 0 aromatic heterocycles. The Morgan fingerprint density at radius 2 is 1.95 bits per heavy atom. The topological polar surface area (TPSA) is 70.1 Å². The monoisotopic (exact) mass is 272 g/mol. The highest BCUT2D eigenvalue weighted by Gasteiger charge is 2.21. The molecule has 6 nitrogen and oxygen atoms in total. The van der Waals surface area contributed by atoms with Gasteiger partial charge in [0.25, 0.3) is 0 Å². The van der Waals surface area contributed by atoms with Gasteiger partial charge < -0.3 is 19.6 Å². The largest absolute Gasteiger partial charge is 0.481 e. The zero-order valence-corrected chi connectivity index (χ0v) is 11.8. The third-order valence-electron chi connectivity index (χ3n) is 3.45. The van der Waals surface area contributed by atoms with Gasteiger partial charge in [-0.25, -0.2) is 4.79 Å². The maximum atomic E-state index is 12.2. The molecule has 0 atom stereocenters. The average molecular weight is 272 g/mol. The quantitative estimate of drug-likeness (QED) is 0.790. The minimum absolute atomic E-state index is 0.00924. The van der Waals surface area contributed by atoms with E-state index in [-0.39, 0.29) is 19.0 Å². The summed E-state index contributed by atoms with van der Waals surface area (Å²) in [6, 6.07) is -0.0877. The molecule has 0 unspecified atom stereocenters. The second-order valence-corrected chi connectivity index (χ2v) is 4.94. The Balaban J connectivity index is 2.41. The van der Waals surface area contributed by atoms with E-state index in [2.05, 4.69) is 0 Å². The van der Waals surface area contributed by atoms with Crippen molar-refractivity contribution in [1.29, 1.82) is 0 Å². The summed E-state index contributed by atoms with van der Waals surface area (Å²) in [5.41, 5.74) is 0. The molecule has 19 heavy (non-hydrogen) atoms. The first kappa shape index (κ1) is 15.8. The number of carbonyl (C=O) groups is 2. The smallest absolute Gasteiger partial charge is 0.319 e. The molecule has 0 aromatic carbocycles. The fourth-order valence-electron chi connectivity index (χ4n) is 2.26. The summed E-state index contributed by atoms with van der Waals surface area (Å²) in [4.78, 5) is 26.0. The molecule has 0 spiro atoms. The Labute approximate surface area is 114 Å². The molecule has 1 aliphatic rings. The third-order valence-corrected chi connectivity index (χ3v) is 3.45. The number of aliphatic carboxylic acids is 1. The first-order chi connectivity index (χ1) is 9.04. The predicted molar refractivity (Wildman–Crippen MR) is 71.1 cm³/mol. The highest BCUT2D eigenvalue weighted by atomic mass is 16.5. The molecule has 0 bridgehead atoms. The molecule has 1 rings (SSSR count). The second-order valence-electron chi connectivity index (χ2n) is 4.94. The summed E-state index contributed by atoms with van der Waals surface area (Å²) in [5, 5.41) is 8.67. The highest BCUT2D eigenvalue weighted by molar-refractivity contribution is 5.75. The molecule has 1 aliphatic heterocycles. The van der Waals surface area contributed by atoms with Gasteiger partial charge in [0.05, 0.1) is 6.42 Å². The predicted octanol–water partition coefficient (Wildman–Crippen LogP) is 1.26. The van der Waals surface area contributed by atoms with Crippen molar-refractivity contribution in [2.24, 2.45) is 5.92 Å². The van der Waals surface area contributed by atoms with Crippen molar-refractivity contribution in [3.05, 3.63) is 0 Å². The van der Waals surface area contributed by atoms with E-state index in [9.17, 15) is 9.59 Å². The summed E-state index contributed by atoms with van der Waals surface area (Å²) in [6.07, 6.45) is 1.96. The first-order valence-corrected chi connectivity index (χ1v) is 6.84. The minimum Gasteiger partial charge on any atom is -0.481 e. The zero-order chi connectivity index (χ0) is 14.3. The number of hydrogen-bond acceptors (Lipinski definition) is 3. The molecule has 110 valence electrons. The Hall–Kier alpha value is -1.30. The Morgan fingerprint density at radius 3 is 2.47 bits per heavy atom. The SMILES string of the molecule is CCN(CCC(=O)O)C(=O)N(C)CC1CCOCC1. The third kappa shape index (κ3) is 5.46. The van der Waals surface area contributed by atoms with E-state index in [0.717, 1.165) is 26.1 Å². The van der Waals surface area contributed by atoms with E-state index in [1.807, 2.05) is 6.92 Å². The van der Waals surface area contributed by atoms with E-state index in [0.29, 0.717) is 19.0 Å². The lowest BCUT2D eigenvalue weighted by atomic mass is 10.00. The normalized spacial score (nSPS) is 16.1. The van der Waals surface area contributed by atoms with Gasteiger partial charge in [-0.2, -0.15) is 0 Å². The van der Waals surface area contributed by atoms with Gasteiger partial charge in [0, 0.05) is 39.9 Å². The van der Waals surface area contributed by atoms with E-state index >= 15 is 0 Å². The molecule has 1 fully saturated rings. The van der Waals surface area contributed by atoms with Crippen LogP contribution in [0.15, 0.2) is 0 Å². The molecule has 1 heterocycles. The molecule has 0 aliphatic carbocycles. The first-order valence-electron chi connectivity index (χ1n) is 6.84. The van der Waals surface area contributed by atoms with Gasteiger partial charge in [-0.3, -0.25) is 4.79 Å². The number of rotatable bonds is 6. The standard InChI is InChI=1S/C13H24N2O4/c1-3-15(7-4-12(16)17)13(18)14(2)10-11-5-8-19-9-6-11/h11H,3-10H2,1-2H3,(H,16,17). The molecule has 0 aromatic rings. The molecule has 0 radical (unpaired) electrons. The van der Waals surface area contributed by atoms with Gasteiger partial charge in [-0.05, 0) is 25.7 Å². The van der Waals surface area contributed by atoms with Crippen molar-refractivity contribution < 1.29 is 19.4 Å². The second kappa shape index (κ2) is 7.99. The molecular weight excluding hydrogens is 248 g/mol. The van der Waals surface area contributed by atoms with Gasteiger partial charge in [0.15, 0.2) is 0 Å². The van der Waals surface area contributed by atoms with Crippen molar-refractivity contribution in [2.75, 3.05) is 39.9 Å². The van der Waals surface area contributed by atoms with Crippen LogP contribution in [0.2, 0.25) is 0 Å². The average Bonchev–Trinajstić information content (AvgIpc) is 2.40. The van der Waals surface area contributed by atoms with E-state index in [1.54, 1.807) is 16.8 Å². The summed E-state index contributed by atoms with van der Waals surface area (Å²) in [5.74, 6) is -0.390. The summed E-state index contributed by atoms with van der Waals surface area (Å²) in [7, 11) is 1.78. The van der Waals surface area contributed by atoms with Crippen LogP contribution in [-0.2, 0) is 9.53 Å². The van der Waals surface area contributed by atoms with Gasteiger partial charge in [0.1, 0.15) is 0 Å². The summed E-state index contributed by atoms with van der Waals surface area (Å²) in [6.45, 7) is 4.91. The van der Waals surface area contributed by atoms with Gasteiger partial charge in [-0.1, -0.05) is 0 Å². The Kier molecular flexibility index (Phi) is 6.62. The lowest BCUT2D eigenvalue weighted by Gasteiger charge is -2.31. The van der Waals surface area contributed by atoms with Crippen LogP contribution in [0.4, 0.5) is 4.79 Å². The van der Waals surface area contributed by atoms with Crippen LogP contribution < -0.4 is 0 Å². The van der Waals surface area contributed by atoms with Crippen molar-refractivity contribution in [3.8, 4) is 0 Å². The summed E-state index contributed by atoms with van der Waals surface area (Å²) >= 11 is 0. The van der Waals surface area contributed by atoms with Gasteiger partial charge >= 0.3 is 12.0 Å². The van der Waals surface area contributed by atoms with Gasteiger partial charge in [-0.15, -0.1) is 0 Å².